The predicted octanol–water partition coefficient (Wildman–Crippen LogP) is 3.95. The number of rotatable bonds is 3. The van der Waals surface area contributed by atoms with E-state index in [0.717, 1.165) is 58.7 Å². The van der Waals surface area contributed by atoms with Gasteiger partial charge in [-0.2, -0.15) is 5.10 Å². The molecule has 162 valence electrons. The van der Waals surface area contributed by atoms with E-state index < -0.39 is 0 Å². The van der Waals surface area contributed by atoms with Gasteiger partial charge in [0.2, 0.25) is 0 Å². The average Bonchev–Trinajstić information content (AvgIpc) is 3.36. The SMILES string of the molecule is Cc1c(-c2[nH]c3cnc(N4CCNC[C@H]4C)c(F)c3c2C(C)C)cn2ncnc2c1C. The van der Waals surface area contributed by atoms with Crippen molar-refractivity contribution in [3.8, 4) is 11.3 Å². The van der Waals surface area contributed by atoms with Crippen molar-refractivity contribution in [2.75, 3.05) is 24.5 Å². The Labute approximate surface area is 180 Å². The third kappa shape index (κ3) is 3.00. The number of aromatic nitrogens is 5. The van der Waals surface area contributed by atoms with Gasteiger partial charge in [-0.25, -0.2) is 18.9 Å². The fraction of sp³-hybridized carbons (Fsp3) is 0.435. The summed E-state index contributed by atoms with van der Waals surface area (Å²) >= 11 is 0. The van der Waals surface area contributed by atoms with Gasteiger partial charge in [0.05, 0.1) is 17.4 Å². The molecular formula is C23H28FN7. The Hall–Kier alpha value is -3.00. The van der Waals surface area contributed by atoms with Gasteiger partial charge in [0.25, 0.3) is 0 Å². The molecule has 5 rings (SSSR count). The Morgan fingerprint density at radius 2 is 2.00 bits per heavy atom. The first-order chi connectivity index (χ1) is 14.9. The van der Waals surface area contributed by atoms with Crippen LogP contribution < -0.4 is 10.2 Å². The first kappa shape index (κ1) is 19.9. The number of nitrogens with zero attached hydrogens (tertiary/aromatic N) is 5. The van der Waals surface area contributed by atoms with Crippen LogP contribution in [0.5, 0.6) is 0 Å². The summed E-state index contributed by atoms with van der Waals surface area (Å²) in [7, 11) is 0. The molecule has 5 heterocycles. The van der Waals surface area contributed by atoms with Gasteiger partial charge in [-0.15, -0.1) is 0 Å². The van der Waals surface area contributed by atoms with E-state index in [-0.39, 0.29) is 17.8 Å². The number of aryl methyl sites for hydroxylation is 1. The highest BCUT2D eigenvalue weighted by Crippen LogP contribution is 2.40. The minimum Gasteiger partial charge on any atom is -0.353 e. The molecular weight excluding hydrogens is 393 g/mol. The molecule has 0 aromatic carbocycles. The van der Waals surface area contributed by atoms with Gasteiger partial charge >= 0.3 is 0 Å². The maximum absolute atomic E-state index is 16.0. The lowest BCUT2D eigenvalue weighted by Crippen LogP contribution is -2.50. The standard InChI is InChI=1S/C23H28FN7/c1-12(2)18-19-17(9-26-23(20(19)24)30-7-6-25-8-13(30)3)29-21(18)16-10-31-22(27-11-28-31)15(5)14(16)4/h9-13,25,29H,6-8H2,1-5H3/t13-/m1/s1. The lowest BCUT2D eigenvalue weighted by Gasteiger charge is -2.35. The van der Waals surface area contributed by atoms with E-state index in [0.29, 0.717) is 11.2 Å². The molecule has 4 aromatic rings. The molecule has 31 heavy (non-hydrogen) atoms. The van der Waals surface area contributed by atoms with Crippen molar-refractivity contribution in [2.45, 2.75) is 46.6 Å². The highest BCUT2D eigenvalue weighted by Gasteiger charge is 2.27. The maximum atomic E-state index is 16.0. The summed E-state index contributed by atoms with van der Waals surface area (Å²) in [6.07, 6.45) is 5.31. The summed E-state index contributed by atoms with van der Waals surface area (Å²) in [6, 6.07) is 0.189. The zero-order valence-electron chi connectivity index (χ0n) is 18.6. The smallest absolute Gasteiger partial charge is 0.175 e. The normalized spacial score (nSPS) is 17.4. The van der Waals surface area contributed by atoms with Crippen molar-refractivity contribution >= 4 is 22.4 Å². The minimum absolute atomic E-state index is 0.125. The number of piperazine rings is 1. The fourth-order valence-electron chi connectivity index (χ4n) is 4.76. The quantitative estimate of drug-likeness (QED) is 0.524. The second-order valence-electron chi connectivity index (χ2n) is 8.82. The van der Waals surface area contributed by atoms with E-state index in [1.165, 1.54) is 0 Å². The topological polar surface area (TPSA) is 74.1 Å². The molecule has 4 aromatic heterocycles. The van der Waals surface area contributed by atoms with E-state index in [1.807, 2.05) is 13.1 Å². The van der Waals surface area contributed by atoms with Crippen LogP contribution in [0.1, 0.15) is 43.4 Å². The van der Waals surface area contributed by atoms with Crippen molar-refractivity contribution in [2.24, 2.45) is 0 Å². The summed E-state index contributed by atoms with van der Waals surface area (Å²) in [4.78, 5) is 14.4. The molecule has 1 saturated heterocycles. The highest BCUT2D eigenvalue weighted by atomic mass is 19.1. The molecule has 2 N–H and O–H groups in total. The molecule has 1 fully saturated rings. The molecule has 8 heteroatoms. The Balaban J connectivity index is 1.76. The van der Waals surface area contributed by atoms with Gasteiger partial charge in [-0.1, -0.05) is 13.8 Å². The number of hydrogen-bond acceptors (Lipinski definition) is 5. The third-order valence-corrected chi connectivity index (χ3v) is 6.55. The number of halogens is 1. The van der Waals surface area contributed by atoms with Crippen LogP contribution in [0.4, 0.5) is 10.2 Å². The summed E-state index contributed by atoms with van der Waals surface area (Å²) in [5.41, 5.74) is 6.64. The van der Waals surface area contributed by atoms with E-state index in [4.69, 9.17) is 0 Å². The molecule has 1 aliphatic rings. The van der Waals surface area contributed by atoms with Gasteiger partial charge in [0, 0.05) is 42.8 Å². The van der Waals surface area contributed by atoms with Crippen LogP contribution in [-0.2, 0) is 0 Å². The van der Waals surface area contributed by atoms with Gasteiger partial charge in [0.15, 0.2) is 17.3 Å². The first-order valence-corrected chi connectivity index (χ1v) is 10.9. The Kier molecular flexibility index (Phi) is 4.69. The molecule has 1 aliphatic heterocycles. The molecule has 0 spiro atoms. The van der Waals surface area contributed by atoms with Crippen LogP contribution >= 0.6 is 0 Å². The molecule has 0 saturated carbocycles. The lowest BCUT2D eigenvalue weighted by molar-refractivity contribution is 0.487. The van der Waals surface area contributed by atoms with Crippen LogP contribution in [0.15, 0.2) is 18.7 Å². The monoisotopic (exact) mass is 421 g/mol. The molecule has 0 amide bonds. The average molecular weight is 422 g/mol. The maximum Gasteiger partial charge on any atom is 0.175 e. The van der Waals surface area contributed by atoms with Crippen LogP contribution in [0.3, 0.4) is 0 Å². The Bertz CT molecular complexity index is 1290. The molecule has 0 bridgehead atoms. The van der Waals surface area contributed by atoms with Crippen LogP contribution in [0.25, 0.3) is 27.8 Å². The number of aromatic amines is 1. The second-order valence-corrected chi connectivity index (χ2v) is 8.82. The number of nitrogens with one attached hydrogen (secondary N) is 2. The summed E-state index contributed by atoms with van der Waals surface area (Å²) < 4.78 is 17.8. The van der Waals surface area contributed by atoms with E-state index in [2.05, 4.69) is 58.0 Å². The summed E-state index contributed by atoms with van der Waals surface area (Å²) in [5, 5.41) is 8.32. The van der Waals surface area contributed by atoms with E-state index in [9.17, 15) is 0 Å². The van der Waals surface area contributed by atoms with Crippen molar-refractivity contribution in [3.05, 3.63) is 41.2 Å². The van der Waals surface area contributed by atoms with Crippen molar-refractivity contribution in [3.63, 3.8) is 0 Å². The zero-order valence-corrected chi connectivity index (χ0v) is 18.6. The van der Waals surface area contributed by atoms with Crippen molar-refractivity contribution in [1.29, 1.82) is 0 Å². The summed E-state index contributed by atoms with van der Waals surface area (Å²) in [6.45, 7) is 12.8. The highest BCUT2D eigenvalue weighted by molar-refractivity contribution is 5.94. The van der Waals surface area contributed by atoms with Crippen molar-refractivity contribution < 1.29 is 4.39 Å². The molecule has 0 unspecified atom stereocenters. The molecule has 0 aliphatic carbocycles. The first-order valence-electron chi connectivity index (χ1n) is 10.9. The largest absolute Gasteiger partial charge is 0.353 e. The number of fused-ring (bicyclic) bond motifs is 2. The number of hydrogen-bond donors (Lipinski definition) is 2. The van der Waals surface area contributed by atoms with Crippen LogP contribution in [0.2, 0.25) is 0 Å². The number of anilines is 1. The van der Waals surface area contributed by atoms with Crippen LogP contribution in [-0.4, -0.2) is 50.2 Å². The van der Waals surface area contributed by atoms with Gasteiger partial charge < -0.3 is 15.2 Å². The molecule has 1 atom stereocenters. The number of pyridine rings is 2. The van der Waals surface area contributed by atoms with Gasteiger partial charge in [-0.05, 0) is 43.4 Å². The predicted molar refractivity (Wildman–Crippen MR) is 121 cm³/mol. The van der Waals surface area contributed by atoms with Gasteiger partial charge in [-0.3, -0.25) is 0 Å². The Morgan fingerprint density at radius 3 is 2.74 bits per heavy atom. The van der Waals surface area contributed by atoms with E-state index >= 15 is 4.39 Å². The molecule has 0 radical (unpaired) electrons. The van der Waals surface area contributed by atoms with Crippen molar-refractivity contribution in [1.82, 2.24) is 29.9 Å². The number of H-pyrrole nitrogens is 1. The van der Waals surface area contributed by atoms with E-state index in [1.54, 1.807) is 17.0 Å². The third-order valence-electron chi connectivity index (χ3n) is 6.55. The summed E-state index contributed by atoms with van der Waals surface area (Å²) in [5.74, 6) is 0.322. The van der Waals surface area contributed by atoms with Crippen LogP contribution in [0, 0.1) is 19.7 Å². The molecule has 7 nitrogen and oxygen atoms in total. The lowest BCUT2D eigenvalue weighted by atomic mass is 9.94. The second kappa shape index (κ2) is 7.30. The van der Waals surface area contributed by atoms with Gasteiger partial charge in [0.1, 0.15) is 6.33 Å². The Morgan fingerprint density at radius 1 is 1.19 bits per heavy atom. The zero-order chi connectivity index (χ0) is 21.9. The fourth-order valence-corrected chi connectivity index (χ4v) is 4.76. The minimum atomic E-state index is -0.242.